The maximum Gasteiger partial charge on any atom is 0.267 e. The lowest BCUT2D eigenvalue weighted by Gasteiger charge is -2.33. The lowest BCUT2D eigenvalue weighted by atomic mass is 10.0. The molecule has 8 heteroatoms. The van der Waals surface area contributed by atoms with Crippen molar-refractivity contribution in [1.82, 2.24) is 4.90 Å². The summed E-state index contributed by atoms with van der Waals surface area (Å²) in [6, 6.07) is 11.5. The molecule has 0 spiro atoms. The molecule has 4 rings (SSSR count). The summed E-state index contributed by atoms with van der Waals surface area (Å²) in [4.78, 5) is 52.9. The highest BCUT2D eigenvalue weighted by atomic mass is 16.5. The van der Waals surface area contributed by atoms with Gasteiger partial charge in [0, 0.05) is 12.6 Å². The van der Waals surface area contributed by atoms with Crippen molar-refractivity contribution < 1.29 is 28.7 Å². The van der Waals surface area contributed by atoms with Crippen LogP contribution < -0.4 is 9.64 Å². The first-order valence-electron chi connectivity index (χ1n) is 10.3. The summed E-state index contributed by atoms with van der Waals surface area (Å²) < 4.78 is 11.2. The predicted molar refractivity (Wildman–Crippen MR) is 116 cm³/mol. The maximum atomic E-state index is 12.7. The van der Waals surface area contributed by atoms with Crippen LogP contribution in [0, 0.1) is 0 Å². The fourth-order valence-electron chi connectivity index (χ4n) is 3.97. The molecule has 8 nitrogen and oxygen atoms in total. The summed E-state index contributed by atoms with van der Waals surface area (Å²) in [5, 5.41) is 0. The third-order valence-electron chi connectivity index (χ3n) is 5.71. The van der Waals surface area contributed by atoms with Crippen molar-refractivity contribution in [3.8, 4) is 5.75 Å². The normalized spacial score (nSPS) is 17.9. The molecule has 0 fully saturated rings. The number of hydrogen-bond acceptors (Lipinski definition) is 6. The second kappa shape index (κ2) is 7.87. The molecule has 2 aromatic rings. The van der Waals surface area contributed by atoms with Gasteiger partial charge >= 0.3 is 0 Å². The average Bonchev–Trinajstić information content (AvgIpc) is 3.03. The fraction of sp³-hybridized carbons (Fsp3) is 0.333. The number of likely N-dealkylation sites (N-methyl/N-ethyl adjacent to an activating group) is 1. The minimum atomic E-state index is -0.945. The molecule has 1 atom stereocenters. The third-order valence-corrected chi connectivity index (χ3v) is 5.71. The summed E-state index contributed by atoms with van der Waals surface area (Å²) >= 11 is 0. The van der Waals surface area contributed by atoms with Crippen LogP contribution in [0.25, 0.3) is 0 Å². The van der Waals surface area contributed by atoms with Gasteiger partial charge in [0.05, 0.1) is 29.0 Å². The molecule has 2 heterocycles. The molecule has 166 valence electrons. The molecule has 2 aliphatic rings. The van der Waals surface area contributed by atoms with E-state index in [1.54, 1.807) is 70.3 Å². The standard InChI is InChI=1S/C24H24N2O6/c1-14-21(28)25(4)18-11-15(9-10-20(18)32-14)19(27)12-31-13-24(2,3)26-22(29)16-7-5-6-8-17(16)23(26)30/h5-11,14H,12-13H2,1-4H3. The van der Waals surface area contributed by atoms with E-state index in [1.807, 2.05) is 0 Å². The van der Waals surface area contributed by atoms with Crippen LogP contribution in [0.1, 0.15) is 51.8 Å². The van der Waals surface area contributed by atoms with Crippen LogP contribution in [0.3, 0.4) is 0 Å². The van der Waals surface area contributed by atoms with E-state index in [-0.39, 0.29) is 36.7 Å². The van der Waals surface area contributed by atoms with E-state index in [2.05, 4.69) is 0 Å². The fourth-order valence-corrected chi connectivity index (χ4v) is 3.97. The minimum Gasteiger partial charge on any atom is -0.479 e. The Morgan fingerprint density at radius 1 is 1.06 bits per heavy atom. The Bertz CT molecular complexity index is 1100. The van der Waals surface area contributed by atoms with E-state index < -0.39 is 11.6 Å². The summed E-state index contributed by atoms with van der Waals surface area (Å²) in [6.45, 7) is 4.87. The van der Waals surface area contributed by atoms with Gasteiger partial charge in [-0.15, -0.1) is 0 Å². The Labute approximate surface area is 185 Å². The summed E-state index contributed by atoms with van der Waals surface area (Å²) in [5.74, 6) is -0.695. The number of fused-ring (bicyclic) bond motifs is 2. The number of carbonyl (C=O) groups excluding carboxylic acids is 4. The van der Waals surface area contributed by atoms with E-state index >= 15 is 0 Å². The molecule has 2 aliphatic heterocycles. The van der Waals surface area contributed by atoms with Gasteiger partial charge in [0.25, 0.3) is 17.7 Å². The van der Waals surface area contributed by atoms with Crippen molar-refractivity contribution in [3.05, 3.63) is 59.2 Å². The summed E-state index contributed by atoms with van der Waals surface area (Å²) in [7, 11) is 1.63. The molecule has 0 saturated carbocycles. The van der Waals surface area contributed by atoms with Crippen molar-refractivity contribution in [1.29, 1.82) is 0 Å². The summed E-state index contributed by atoms with van der Waals surface area (Å²) in [5.41, 5.74) is 0.683. The molecule has 0 bridgehead atoms. The van der Waals surface area contributed by atoms with Crippen LogP contribution in [0.5, 0.6) is 5.75 Å². The third kappa shape index (κ3) is 3.56. The number of anilines is 1. The summed E-state index contributed by atoms with van der Waals surface area (Å²) in [6.07, 6.45) is -0.582. The predicted octanol–water partition coefficient (Wildman–Crippen LogP) is 2.70. The van der Waals surface area contributed by atoms with E-state index in [9.17, 15) is 19.2 Å². The quantitative estimate of drug-likeness (QED) is 0.511. The second-order valence-corrected chi connectivity index (χ2v) is 8.56. The Morgan fingerprint density at radius 3 is 2.31 bits per heavy atom. The molecule has 0 radical (unpaired) electrons. The molecular formula is C24H24N2O6. The number of benzene rings is 2. The van der Waals surface area contributed by atoms with Gasteiger partial charge in [-0.25, -0.2) is 0 Å². The number of ether oxygens (including phenoxy) is 2. The molecule has 32 heavy (non-hydrogen) atoms. The first kappa shape index (κ1) is 21.7. The van der Waals surface area contributed by atoms with Crippen LogP contribution in [0.4, 0.5) is 5.69 Å². The van der Waals surface area contributed by atoms with E-state index in [4.69, 9.17) is 9.47 Å². The Morgan fingerprint density at radius 2 is 1.69 bits per heavy atom. The Kier molecular flexibility index (Phi) is 5.34. The zero-order chi connectivity index (χ0) is 23.2. The average molecular weight is 436 g/mol. The largest absolute Gasteiger partial charge is 0.479 e. The molecule has 2 aromatic carbocycles. The molecule has 0 aliphatic carbocycles. The molecule has 0 aromatic heterocycles. The molecule has 0 N–H and O–H groups in total. The van der Waals surface area contributed by atoms with E-state index in [1.165, 1.54) is 9.80 Å². The molecular weight excluding hydrogens is 412 g/mol. The van der Waals surface area contributed by atoms with Gasteiger partial charge in [-0.2, -0.15) is 0 Å². The van der Waals surface area contributed by atoms with Crippen molar-refractivity contribution in [2.75, 3.05) is 25.2 Å². The van der Waals surface area contributed by atoms with Crippen molar-refractivity contribution in [2.24, 2.45) is 0 Å². The van der Waals surface area contributed by atoms with Gasteiger partial charge in [0.15, 0.2) is 11.9 Å². The monoisotopic (exact) mass is 436 g/mol. The zero-order valence-corrected chi connectivity index (χ0v) is 18.4. The molecule has 0 saturated heterocycles. The van der Waals surface area contributed by atoms with Crippen LogP contribution in [0.15, 0.2) is 42.5 Å². The van der Waals surface area contributed by atoms with Gasteiger partial charge in [-0.1, -0.05) is 12.1 Å². The lowest BCUT2D eigenvalue weighted by molar-refractivity contribution is -0.125. The first-order valence-corrected chi connectivity index (χ1v) is 10.3. The van der Waals surface area contributed by atoms with Gasteiger partial charge < -0.3 is 14.4 Å². The molecule has 1 unspecified atom stereocenters. The number of nitrogens with zero attached hydrogens (tertiary/aromatic N) is 2. The second-order valence-electron chi connectivity index (χ2n) is 8.56. The minimum absolute atomic E-state index is 0.00579. The van der Waals surface area contributed by atoms with Gasteiger partial charge in [0.2, 0.25) is 0 Å². The molecule has 3 amide bonds. The number of hydrogen-bond donors (Lipinski definition) is 0. The number of Topliss-reactive ketones (excluding diaryl/α,β-unsaturated/α-hetero) is 1. The highest BCUT2D eigenvalue weighted by Gasteiger charge is 2.44. The van der Waals surface area contributed by atoms with E-state index in [0.29, 0.717) is 28.1 Å². The van der Waals surface area contributed by atoms with Gasteiger partial charge in [0.1, 0.15) is 12.4 Å². The van der Waals surface area contributed by atoms with Crippen LogP contribution in [-0.4, -0.2) is 60.3 Å². The number of imide groups is 1. The van der Waals surface area contributed by atoms with Gasteiger partial charge in [-0.3, -0.25) is 24.1 Å². The van der Waals surface area contributed by atoms with Crippen molar-refractivity contribution >= 4 is 29.2 Å². The maximum absolute atomic E-state index is 12.7. The van der Waals surface area contributed by atoms with Gasteiger partial charge in [-0.05, 0) is 51.1 Å². The number of carbonyl (C=O) groups is 4. The van der Waals surface area contributed by atoms with Crippen molar-refractivity contribution in [2.45, 2.75) is 32.4 Å². The Balaban J connectivity index is 1.42. The number of rotatable bonds is 6. The Hall–Kier alpha value is -3.52. The zero-order valence-electron chi connectivity index (χ0n) is 18.4. The van der Waals surface area contributed by atoms with Crippen LogP contribution in [-0.2, 0) is 9.53 Å². The lowest BCUT2D eigenvalue weighted by Crippen LogP contribution is -2.50. The number of ketones is 1. The smallest absolute Gasteiger partial charge is 0.267 e. The van der Waals surface area contributed by atoms with E-state index in [0.717, 1.165) is 0 Å². The highest BCUT2D eigenvalue weighted by molar-refractivity contribution is 6.21. The SMILES string of the molecule is CC1Oc2ccc(C(=O)COCC(C)(C)N3C(=O)c4ccccc4C3=O)cc2N(C)C1=O. The van der Waals surface area contributed by atoms with Crippen LogP contribution in [0.2, 0.25) is 0 Å². The van der Waals surface area contributed by atoms with Crippen LogP contribution >= 0.6 is 0 Å². The topological polar surface area (TPSA) is 93.2 Å². The van der Waals surface area contributed by atoms with Crippen molar-refractivity contribution in [3.63, 3.8) is 0 Å². The highest BCUT2D eigenvalue weighted by Crippen LogP contribution is 2.34. The first-order chi connectivity index (χ1) is 15.1. The number of amides is 3.